The second kappa shape index (κ2) is 6.80. The van der Waals surface area contributed by atoms with Crippen molar-refractivity contribution in [2.24, 2.45) is 0 Å². The Morgan fingerprint density at radius 2 is 1.93 bits per heavy atom. The molecule has 3 heterocycles. The van der Waals surface area contributed by atoms with Crippen LogP contribution in [0.2, 0.25) is 0 Å². The van der Waals surface area contributed by atoms with Gasteiger partial charge in [-0.15, -0.1) is 0 Å². The summed E-state index contributed by atoms with van der Waals surface area (Å²) in [4.78, 5) is 8.30. The summed E-state index contributed by atoms with van der Waals surface area (Å²) in [5.41, 5.74) is 7.57. The van der Waals surface area contributed by atoms with Gasteiger partial charge in [0.05, 0.1) is 17.1 Å². The molecule has 0 saturated heterocycles. The average Bonchev–Trinajstić information content (AvgIpc) is 3.22. The Morgan fingerprint density at radius 3 is 2.63 bits per heavy atom. The van der Waals surface area contributed by atoms with Gasteiger partial charge in [-0.1, -0.05) is 26.0 Å². The molecule has 4 nitrogen and oxygen atoms in total. The maximum Gasteiger partial charge on any atom is 0.158 e. The third-order valence-corrected chi connectivity index (χ3v) is 5.49. The third-order valence-electron chi connectivity index (χ3n) is 5.49. The van der Waals surface area contributed by atoms with Gasteiger partial charge in [0, 0.05) is 16.5 Å². The predicted octanol–water partition coefficient (Wildman–Crippen LogP) is 5.87. The molecule has 1 aromatic carbocycles. The number of hydrogen-bond acceptors (Lipinski definition) is 2. The Morgan fingerprint density at radius 1 is 1.15 bits per heavy atom. The third kappa shape index (κ3) is 2.82. The summed E-state index contributed by atoms with van der Waals surface area (Å²) >= 11 is 0. The molecule has 0 bridgehead atoms. The Kier molecular flexibility index (Phi) is 4.46. The summed E-state index contributed by atoms with van der Waals surface area (Å²) in [5, 5.41) is 5.67. The van der Waals surface area contributed by atoms with Gasteiger partial charge in [-0.3, -0.25) is 0 Å². The van der Waals surface area contributed by atoms with Crippen LogP contribution in [-0.4, -0.2) is 19.6 Å². The Bertz CT molecular complexity index is 1120. The summed E-state index contributed by atoms with van der Waals surface area (Å²) in [6.07, 6.45) is 2.15. The first-order valence-electron chi connectivity index (χ1n) is 9.61. The number of benzene rings is 1. The molecule has 140 valence electrons. The molecule has 0 spiro atoms. The van der Waals surface area contributed by atoms with E-state index < -0.39 is 6.67 Å². The fraction of sp³-hybridized carbons (Fsp3) is 0.364. The smallest absolute Gasteiger partial charge is 0.158 e. The van der Waals surface area contributed by atoms with Gasteiger partial charge in [-0.25, -0.2) is 13.9 Å². The van der Waals surface area contributed by atoms with E-state index in [1.54, 1.807) is 0 Å². The normalized spacial score (nSPS) is 11.9. The molecule has 5 heteroatoms. The number of hydrogen-bond donors (Lipinski definition) is 1. The summed E-state index contributed by atoms with van der Waals surface area (Å²) in [6.45, 7) is 7.99. The molecule has 0 unspecified atom stereocenters. The molecule has 0 radical (unpaired) electrons. The van der Waals surface area contributed by atoms with Crippen molar-refractivity contribution in [2.75, 3.05) is 0 Å². The molecule has 0 aliphatic rings. The zero-order chi connectivity index (χ0) is 19.1. The first kappa shape index (κ1) is 17.7. The van der Waals surface area contributed by atoms with Crippen molar-refractivity contribution in [2.45, 2.75) is 53.1 Å². The standard InChI is InChI=1S/C22H25FN4/c1-5-15(6-2)18-10-13(3)26-27-21(14(4)24-22(18)27)20-11-17-16(12-23)8-7-9-19(17)25-20/h7-11,15,25H,5-6,12H2,1-4H3. The van der Waals surface area contributed by atoms with E-state index >= 15 is 0 Å². The average molecular weight is 364 g/mol. The minimum Gasteiger partial charge on any atom is -0.353 e. The quantitative estimate of drug-likeness (QED) is 0.481. The number of aromatic nitrogens is 4. The van der Waals surface area contributed by atoms with E-state index in [0.717, 1.165) is 52.2 Å². The van der Waals surface area contributed by atoms with Crippen LogP contribution in [0.5, 0.6) is 0 Å². The second-order valence-electron chi connectivity index (χ2n) is 7.23. The summed E-state index contributed by atoms with van der Waals surface area (Å²) in [5.74, 6) is 0.463. The zero-order valence-electron chi connectivity index (χ0n) is 16.3. The van der Waals surface area contributed by atoms with Crippen LogP contribution < -0.4 is 0 Å². The van der Waals surface area contributed by atoms with Crippen molar-refractivity contribution in [3.8, 4) is 11.4 Å². The Labute approximate surface area is 158 Å². The van der Waals surface area contributed by atoms with E-state index in [2.05, 4.69) is 24.9 Å². The summed E-state index contributed by atoms with van der Waals surface area (Å²) in [7, 11) is 0. The molecule has 0 atom stereocenters. The van der Waals surface area contributed by atoms with E-state index in [1.807, 2.05) is 42.6 Å². The van der Waals surface area contributed by atoms with Gasteiger partial charge < -0.3 is 4.98 Å². The van der Waals surface area contributed by atoms with Crippen molar-refractivity contribution < 1.29 is 4.39 Å². The fourth-order valence-corrected chi connectivity index (χ4v) is 4.08. The van der Waals surface area contributed by atoms with Crippen LogP contribution in [0, 0.1) is 13.8 Å². The van der Waals surface area contributed by atoms with E-state index in [1.165, 1.54) is 5.56 Å². The fourth-order valence-electron chi connectivity index (χ4n) is 4.08. The molecule has 0 aliphatic carbocycles. The van der Waals surface area contributed by atoms with Gasteiger partial charge >= 0.3 is 0 Å². The van der Waals surface area contributed by atoms with Crippen molar-refractivity contribution >= 4 is 16.6 Å². The lowest BCUT2D eigenvalue weighted by atomic mass is 9.95. The maximum absolute atomic E-state index is 13.4. The molecule has 4 aromatic rings. The van der Waals surface area contributed by atoms with Crippen LogP contribution in [0.25, 0.3) is 27.9 Å². The summed E-state index contributed by atoms with van der Waals surface area (Å²) in [6, 6.07) is 9.86. The number of nitrogens with one attached hydrogen (secondary N) is 1. The van der Waals surface area contributed by atoms with Gasteiger partial charge in [0.25, 0.3) is 0 Å². The Balaban J connectivity index is 1.99. The largest absolute Gasteiger partial charge is 0.353 e. The van der Waals surface area contributed by atoms with Crippen molar-refractivity contribution in [3.63, 3.8) is 0 Å². The van der Waals surface area contributed by atoms with Crippen LogP contribution in [0.15, 0.2) is 30.3 Å². The van der Waals surface area contributed by atoms with Gasteiger partial charge in [-0.2, -0.15) is 5.10 Å². The molecule has 4 rings (SSSR count). The van der Waals surface area contributed by atoms with Crippen LogP contribution >= 0.6 is 0 Å². The topological polar surface area (TPSA) is 46.0 Å². The lowest BCUT2D eigenvalue weighted by molar-refractivity contribution is 0.488. The molecular formula is C22H25FN4. The highest BCUT2D eigenvalue weighted by atomic mass is 19.1. The van der Waals surface area contributed by atoms with E-state index in [0.29, 0.717) is 11.5 Å². The van der Waals surface area contributed by atoms with Crippen molar-refractivity contribution in [3.05, 3.63) is 52.8 Å². The van der Waals surface area contributed by atoms with Crippen LogP contribution in [0.1, 0.15) is 55.1 Å². The molecular weight excluding hydrogens is 339 g/mol. The molecule has 3 aromatic heterocycles. The van der Waals surface area contributed by atoms with Crippen LogP contribution in [0.3, 0.4) is 0 Å². The Hall–Kier alpha value is -2.69. The number of H-pyrrole nitrogens is 1. The molecule has 0 aliphatic heterocycles. The number of imidazole rings is 1. The van der Waals surface area contributed by atoms with Gasteiger partial charge in [0.2, 0.25) is 0 Å². The van der Waals surface area contributed by atoms with E-state index in [-0.39, 0.29) is 0 Å². The number of aryl methyl sites for hydroxylation is 2. The monoisotopic (exact) mass is 364 g/mol. The molecule has 1 N–H and O–H groups in total. The zero-order valence-corrected chi connectivity index (χ0v) is 16.3. The van der Waals surface area contributed by atoms with E-state index in [4.69, 9.17) is 10.1 Å². The van der Waals surface area contributed by atoms with Crippen LogP contribution in [-0.2, 0) is 6.67 Å². The number of fused-ring (bicyclic) bond motifs is 2. The summed E-state index contributed by atoms with van der Waals surface area (Å²) < 4.78 is 15.3. The number of nitrogens with zero attached hydrogens (tertiary/aromatic N) is 3. The van der Waals surface area contributed by atoms with Crippen LogP contribution in [0.4, 0.5) is 4.39 Å². The van der Waals surface area contributed by atoms with Gasteiger partial charge in [0.15, 0.2) is 5.65 Å². The first-order chi connectivity index (χ1) is 13.1. The minimum atomic E-state index is -0.475. The van der Waals surface area contributed by atoms with Gasteiger partial charge in [-0.05, 0) is 56.4 Å². The highest BCUT2D eigenvalue weighted by Crippen LogP contribution is 2.33. The highest BCUT2D eigenvalue weighted by molar-refractivity contribution is 5.88. The van der Waals surface area contributed by atoms with E-state index in [9.17, 15) is 4.39 Å². The SMILES string of the molecule is CCC(CC)c1cc(C)nn2c(-c3cc4c(CF)cccc4[nH]3)c(C)nc12. The molecule has 0 saturated carbocycles. The van der Waals surface area contributed by atoms with Crippen molar-refractivity contribution in [1.82, 2.24) is 19.6 Å². The lowest BCUT2D eigenvalue weighted by Gasteiger charge is -2.14. The minimum absolute atomic E-state index is 0.463. The van der Waals surface area contributed by atoms with Gasteiger partial charge in [0.1, 0.15) is 12.4 Å². The molecule has 0 fully saturated rings. The number of alkyl halides is 1. The number of aromatic amines is 1. The predicted molar refractivity (Wildman–Crippen MR) is 108 cm³/mol. The second-order valence-corrected chi connectivity index (χ2v) is 7.23. The lowest BCUT2D eigenvalue weighted by Crippen LogP contribution is -2.05. The number of rotatable bonds is 5. The molecule has 0 amide bonds. The highest BCUT2D eigenvalue weighted by Gasteiger charge is 2.20. The van der Waals surface area contributed by atoms with Crippen molar-refractivity contribution in [1.29, 1.82) is 0 Å². The first-order valence-corrected chi connectivity index (χ1v) is 9.61. The molecule has 27 heavy (non-hydrogen) atoms. The number of halogens is 1. The maximum atomic E-state index is 13.4.